The van der Waals surface area contributed by atoms with Crippen LogP contribution < -0.4 is 14.8 Å². The Balaban J connectivity index is 0.000000194. The molecule has 1 N–H and O–H groups in total. The number of nitrogens with zero attached hydrogens (tertiary/aromatic N) is 4. The van der Waals surface area contributed by atoms with Crippen LogP contribution in [0, 0.1) is 0 Å². The van der Waals surface area contributed by atoms with Crippen LogP contribution >= 0.6 is 0 Å². The number of piperazine rings is 1. The molecule has 1 amide bonds. The van der Waals surface area contributed by atoms with Crippen molar-refractivity contribution in [3.05, 3.63) is 59.7 Å². The van der Waals surface area contributed by atoms with Crippen molar-refractivity contribution in [3.8, 4) is 11.5 Å². The van der Waals surface area contributed by atoms with Crippen LogP contribution in [0.4, 0.5) is 0 Å². The lowest BCUT2D eigenvalue weighted by molar-refractivity contribution is -0.143. The van der Waals surface area contributed by atoms with E-state index in [0.29, 0.717) is 19.3 Å². The van der Waals surface area contributed by atoms with E-state index >= 15 is 0 Å². The Bertz CT molecular complexity index is 1420. The van der Waals surface area contributed by atoms with E-state index in [1.807, 2.05) is 7.05 Å². The lowest BCUT2D eigenvalue weighted by Gasteiger charge is -2.42. The van der Waals surface area contributed by atoms with Gasteiger partial charge in [0.15, 0.2) is 0 Å². The van der Waals surface area contributed by atoms with Gasteiger partial charge in [-0.25, -0.2) is 0 Å². The van der Waals surface area contributed by atoms with E-state index in [4.69, 9.17) is 23.7 Å². The first-order chi connectivity index (χ1) is 27.3. The van der Waals surface area contributed by atoms with Gasteiger partial charge < -0.3 is 43.7 Å². The average Bonchev–Trinajstić information content (AvgIpc) is 3.24. The fourth-order valence-electron chi connectivity index (χ4n) is 9.09. The highest BCUT2D eigenvalue weighted by Gasteiger charge is 2.44. The zero-order valence-corrected chi connectivity index (χ0v) is 35.0. The summed E-state index contributed by atoms with van der Waals surface area (Å²) in [7, 11) is 4.15. The van der Waals surface area contributed by atoms with Crippen LogP contribution in [0.5, 0.6) is 11.5 Å². The fourth-order valence-corrected chi connectivity index (χ4v) is 9.09. The van der Waals surface area contributed by atoms with Gasteiger partial charge in [0.25, 0.3) is 0 Å². The molecule has 5 heterocycles. The molecule has 2 aromatic rings. The number of likely N-dealkylation sites (N-methyl/N-ethyl adjacent to an activating group) is 2. The van der Waals surface area contributed by atoms with Crippen LogP contribution in [0.15, 0.2) is 48.5 Å². The Morgan fingerprint density at radius 2 is 1.32 bits per heavy atom. The predicted octanol–water partition coefficient (Wildman–Crippen LogP) is 4.82. The molecule has 5 aliphatic rings. The van der Waals surface area contributed by atoms with Gasteiger partial charge in [0, 0.05) is 103 Å². The third-order valence-electron chi connectivity index (χ3n) is 12.9. The summed E-state index contributed by atoms with van der Waals surface area (Å²) in [5, 5.41) is 3.36. The predicted molar refractivity (Wildman–Crippen MR) is 222 cm³/mol. The third-order valence-corrected chi connectivity index (χ3v) is 12.9. The number of likely N-dealkylation sites (tertiary alicyclic amines) is 1. The van der Waals surface area contributed by atoms with Gasteiger partial charge >= 0.3 is 0 Å². The maximum Gasteiger partial charge on any atom is 0.233 e. The highest BCUT2D eigenvalue weighted by atomic mass is 16.5. The molecule has 0 bridgehead atoms. The smallest absolute Gasteiger partial charge is 0.233 e. The molecule has 7 rings (SSSR count). The third kappa shape index (κ3) is 11.5. The molecule has 5 fully saturated rings. The molecule has 0 aromatic heterocycles. The normalized spacial score (nSPS) is 22.6. The summed E-state index contributed by atoms with van der Waals surface area (Å²) in [4.78, 5) is 23.0. The monoisotopic (exact) mass is 778 g/mol. The Hall–Kier alpha value is -2.77. The first-order valence-corrected chi connectivity index (χ1v) is 21.6. The summed E-state index contributed by atoms with van der Waals surface area (Å²) in [5.41, 5.74) is 2.24. The molecule has 5 saturated heterocycles. The van der Waals surface area contributed by atoms with Gasteiger partial charge in [-0.3, -0.25) is 9.69 Å². The minimum Gasteiger partial charge on any atom is -0.494 e. The molecular weight excluding hydrogens is 707 g/mol. The molecule has 2 aromatic carbocycles. The Labute approximate surface area is 337 Å². The van der Waals surface area contributed by atoms with Crippen LogP contribution in [-0.2, 0) is 29.8 Å². The van der Waals surface area contributed by atoms with Crippen LogP contribution in [0.1, 0.15) is 69.9 Å². The molecule has 0 unspecified atom stereocenters. The highest BCUT2D eigenvalue weighted by Crippen LogP contribution is 2.38. The number of rotatable bonds is 13. The topological polar surface area (TPSA) is 88.2 Å². The number of benzene rings is 2. The summed E-state index contributed by atoms with van der Waals surface area (Å²) in [6, 6.07) is 17.7. The minimum atomic E-state index is -0.463. The molecule has 11 heteroatoms. The lowest BCUT2D eigenvalue weighted by atomic mass is 9.73. The first kappa shape index (κ1) is 42.8. The number of hydrogen-bond acceptors (Lipinski definition) is 10. The van der Waals surface area contributed by atoms with Gasteiger partial charge in [-0.05, 0) is 108 Å². The van der Waals surface area contributed by atoms with Crippen LogP contribution in [-0.4, -0.2) is 163 Å². The van der Waals surface area contributed by atoms with Gasteiger partial charge in [-0.1, -0.05) is 24.3 Å². The molecule has 0 spiro atoms. The van der Waals surface area contributed by atoms with Crippen molar-refractivity contribution in [2.24, 2.45) is 0 Å². The van der Waals surface area contributed by atoms with Crippen molar-refractivity contribution in [3.63, 3.8) is 0 Å². The number of amides is 1. The molecule has 0 saturated carbocycles. The Morgan fingerprint density at radius 1 is 0.750 bits per heavy atom. The SMILES string of the molecule is CC(C)N1CCC(Oc2ccc(C3(C(=O)N4CCN(C)CC4)CCOCC3)cc2)CC1.CNCC1(c2ccc(OCCCN3CCOCC3)cc2)CCOCC1. The first-order valence-electron chi connectivity index (χ1n) is 21.6. The molecular formula is C45H71N5O6. The van der Waals surface area contributed by atoms with Crippen molar-refractivity contribution in [2.75, 3.05) is 126 Å². The van der Waals surface area contributed by atoms with E-state index in [0.717, 1.165) is 160 Å². The number of morpholine rings is 1. The van der Waals surface area contributed by atoms with E-state index < -0.39 is 5.41 Å². The van der Waals surface area contributed by atoms with E-state index in [2.05, 4.69) is 94.3 Å². The van der Waals surface area contributed by atoms with Crippen molar-refractivity contribution in [1.82, 2.24) is 24.9 Å². The number of carbonyl (C=O) groups is 1. The average molecular weight is 778 g/mol. The van der Waals surface area contributed by atoms with E-state index in [9.17, 15) is 4.79 Å². The largest absolute Gasteiger partial charge is 0.494 e. The van der Waals surface area contributed by atoms with Crippen molar-refractivity contribution >= 4 is 5.91 Å². The molecule has 56 heavy (non-hydrogen) atoms. The molecule has 0 atom stereocenters. The van der Waals surface area contributed by atoms with E-state index in [1.54, 1.807) is 0 Å². The van der Waals surface area contributed by atoms with Gasteiger partial charge in [0.2, 0.25) is 5.91 Å². The van der Waals surface area contributed by atoms with Crippen molar-refractivity contribution < 1.29 is 28.5 Å². The second-order valence-corrected chi connectivity index (χ2v) is 16.9. The Kier molecular flexibility index (Phi) is 16.3. The van der Waals surface area contributed by atoms with Gasteiger partial charge in [0.1, 0.15) is 17.6 Å². The second-order valence-electron chi connectivity index (χ2n) is 16.9. The zero-order valence-electron chi connectivity index (χ0n) is 35.0. The summed E-state index contributed by atoms with van der Waals surface area (Å²) in [6.07, 6.45) is 7.15. The maximum atomic E-state index is 13.7. The molecule has 0 aliphatic carbocycles. The van der Waals surface area contributed by atoms with Crippen LogP contribution in [0.25, 0.3) is 0 Å². The number of carbonyl (C=O) groups excluding carboxylic acids is 1. The summed E-state index contributed by atoms with van der Waals surface area (Å²) in [5.74, 6) is 2.16. The fraction of sp³-hybridized carbons (Fsp3) is 0.711. The molecule has 11 nitrogen and oxygen atoms in total. The number of ether oxygens (including phenoxy) is 5. The number of piperidine rings is 1. The van der Waals surface area contributed by atoms with Gasteiger partial charge in [-0.15, -0.1) is 0 Å². The van der Waals surface area contributed by atoms with Crippen molar-refractivity contribution in [1.29, 1.82) is 0 Å². The number of hydrogen-bond donors (Lipinski definition) is 1. The highest BCUT2D eigenvalue weighted by molar-refractivity contribution is 5.88. The summed E-state index contributed by atoms with van der Waals surface area (Å²) in [6.45, 7) is 19.9. The van der Waals surface area contributed by atoms with E-state index in [1.165, 1.54) is 5.56 Å². The second kappa shape index (κ2) is 21.3. The quantitative estimate of drug-likeness (QED) is 0.286. The molecule has 5 aliphatic heterocycles. The standard InChI is InChI=1S/C25H39N3O3.C20H32N2O3/c1-20(2)27-12-8-23(9-13-27)31-22-6-4-21(5-7-22)25(10-18-30-19-11-25)24(29)28-16-14-26(3)15-17-28;1-21-17-20(7-13-23-14-8-20)18-3-5-19(6-4-18)25-12-2-9-22-10-15-24-16-11-22/h4-7,20,23H,8-19H2,1-3H3;3-6,21H,2,7-17H2,1H3. The Morgan fingerprint density at radius 3 is 1.93 bits per heavy atom. The number of nitrogens with one attached hydrogen (secondary N) is 1. The summed E-state index contributed by atoms with van der Waals surface area (Å²) >= 11 is 0. The molecule has 312 valence electrons. The van der Waals surface area contributed by atoms with Gasteiger partial charge in [0.05, 0.1) is 25.2 Å². The van der Waals surface area contributed by atoms with Crippen LogP contribution in [0.2, 0.25) is 0 Å². The van der Waals surface area contributed by atoms with Gasteiger partial charge in [-0.2, -0.15) is 0 Å². The summed E-state index contributed by atoms with van der Waals surface area (Å²) < 4.78 is 28.8. The lowest BCUT2D eigenvalue weighted by Crippen LogP contribution is -2.55. The van der Waals surface area contributed by atoms with E-state index in [-0.39, 0.29) is 17.4 Å². The molecule has 0 radical (unpaired) electrons. The zero-order chi connectivity index (χ0) is 39.2. The maximum absolute atomic E-state index is 13.7. The van der Waals surface area contributed by atoms with Crippen LogP contribution in [0.3, 0.4) is 0 Å². The minimum absolute atomic E-state index is 0.196. The van der Waals surface area contributed by atoms with Crippen molar-refractivity contribution in [2.45, 2.75) is 81.8 Å².